The SMILES string of the molecule is CCCCCC(CCCCC)CCOC(=O)CCCCCCCCN(CCCCCCCCC(=O)OCCC(CCCCC)CCCCC)CCCOC(C)OCCCN(CCCCCCCCC(=O)OCCC(CCCCC)CCCCC)CCC[NH+]=C(N)N. The minimum absolute atomic E-state index is 0.00973. The van der Waals surface area contributed by atoms with E-state index in [4.69, 9.17) is 35.2 Å². The van der Waals surface area contributed by atoms with Crippen LogP contribution in [0.4, 0.5) is 0 Å². The van der Waals surface area contributed by atoms with Crippen LogP contribution in [0.1, 0.15) is 376 Å². The normalized spacial score (nSPS) is 12.1. The van der Waals surface area contributed by atoms with E-state index in [-0.39, 0.29) is 30.2 Å². The molecule has 0 heterocycles. The highest BCUT2D eigenvalue weighted by atomic mass is 16.7. The van der Waals surface area contributed by atoms with Crippen molar-refractivity contribution < 1.29 is 43.1 Å². The fourth-order valence-corrected chi connectivity index (χ4v) is 12.9. The van der Waals surface area contributed by atoms with Crippen LogP contribution in [0.25, 0.3) is 0 Å². The number of nitrogens with two attached hydrogens (primary N) is 2. The monoisotopic (exact) mass is 1290 g/mol. The van der Waals surface area contributed by atoms with E-state index in [0.29, 0.717) is 70.1 Å². The van der Waals surface area contributed by atoms with Crippen LogP contribution in [0.15, 0.2) is 0 Å². The van der Waals surface area contributed by atoms with E-state index in [1.54, 1.807) is 0 Å². The van der Waals surface area contributed by atoms with E-state index >= 15 is 0 Å². The van der Waals surface area contributed by atoms with Crippen molar-refractivity contribution in [2.45, 2.75) is 382 Å². The number of esters is 3. The quantitative estimate of drug-likeness (QED) is 0.0132. The molecule has 540 valence electrons. The van der Waals surface area contributed by atoms with Gasteiger partial charge in [0.15, 0.2) is 6.29 Å². The molecule has 0 saturated carbocycles. The number of unbranched alkanes of at least 4 members (excludes halogenated alkanes) is 27. The molecular weight excluding hydrogens is 1130 g/mol. The Labute approximate surface area is 564 Å². The third kappa shape index (κ3) is 64.6. The van der Waals surface area contributed by atoms with E-state index in [1.807, 2.05) is 6.92 Å². The van der Waals surface area contributed by atoms with Crippen molar-refractivity contribution in [3.8, 4) is 0 Å². The van der Waals surface area contributed by atoms with Crippen molar-refractivity contribution in [1.29, 1.82) is 0 Å². The predicted molar refractivity (Wildman–Crippen MR) is 386 cm³/mol. The van der Waals surface area contributed by atoms with Crippen LogP contribution in [-0.4, -0.2) is 119 Å². The van der Waals surface area contributed by atoms with Crippen LogP contribution in [0.3, 0.4) is 0 Å². The summed E-state index contributed by atoms with van der Waals surface area (Å²) in [5.41, 5.74) is 11.4. The molecule has 0 rings (SSSR count). The smallest absolute Gasteiger partial charge is 0.338 e. The lowest BCUT2D eigenvalue weighted by molar-refractivity contribution is -0.459. The number of hydrogen-bond donors (Lipinski definition) is 3. The Morgan fingerprint density at radius 1 is 0.308 bits per heavy atom. The second-order valence-corrected chi connectivity index (χ2v) is 27.6. The van der Waals surface area contributed by atoms with Gasteiger partial charge < -0.3 is 33.5 Å². The van der Waals surface area contributed by atoms with Gasteiger partial charge >= 0.3 is 23.9 Å². The predicted octanol–water partition coefficient (Wildman–Crippen LogP) is 18.8. The van der Waals surface area contributed by atoms with Gasteiger partial charge in [-0.25, -0.2) is 0 Å². The van der Waals surface area contributed by atoms with Gasteiger partial charge in [0, 0.05) is 38.9 Å². The Morgan fingerprint density at radius 3 is 0.835 bits per heavy atom. The molecule has 0 fully saturated rings. The lowest BCUT2D eigenvalue weighted by Gasteiger charge is -2.23. The number of guanidine groups is 1. The summed E-state index contributed by atoms with van der Waals surface area (Å²) in [6, 6.07) is 0. The Kier molecular flexibility index (Phi) is 68.4. The number of nitrogens with zero attached hydrogens (tertiary/aromatic N) is 2. The molecule has 0 aliphatic rings. The van der Waals surface area contributed by atoms with Crippen LogP contribution in [-0.2, 0) is 38.1 Å². The fourth-order valence-electron chi connectivity index (χ4n) is 12.9. The third-order valence-corrected chi connectivity index (χ3v) is 18.9. The number of nitrogens with one attached hydrogen (secondary N) is 1. The molecular formula is C78H156N5O8+. The summed E-state index contributed by atoms with van der Waals surface area (Å²) in [5.74, 6) is 2.32. The molecule has 13 nitrogen and oxygen atoms in total. The third-order valence-electron chi connectivity index (χ3n) is 18.9. The summed E-state index contributed by atoms with van der Waals surface area (Å²) >= 11 is 0. The molecule has 5 N–H and O–H groups in total. The maximum absolute atomic E-state index is 12.6. The molecule has 0 spiro atoms. The van der Waals surface area contributed by atoms with Crippen molar-refractivity contribution in [1.82, 2.24) is 9.80 Å². The number of carbonyl (C=O) groups is 3. The molecule has 0 aliphatic heterocycles. The molecule has 0 aromatic heterocycles. The van der Waals surface area contributed by atoms with E-state index < -0.39 is 0 Å². The first-order valence-electron chi connectivity index (χ1n) is 39.8. The highest BCUT2D eigenvalue weighted by Crippen LogP contribution is 2.25. The molecule has 0 aromatic rings. The van der Waals surface area contributed by atoms with Crippen molar-refractivity contribution in [2.24, 2.45) is 29.2 Å². The van der Waals surface area contributed by atoms with Crippen LogP contribution >= 0.6 is 0 Å². The van der Waals surface area contributed by atoms with Gasteiger partial charge in [0.1, 0.15) is 0 Å². The zero-order valence-corrected chi connectivity index (χ0v) is 61.7. The molecule has 0 bridgehead atoms. The number of hydrogen-bond acceptors (Lipinski definition) is 10. The minimum atomic E-state index is -0.242. The summed E-state index contributed by atoms with van der Waals surface area (Å²) in [7, 11) is 0. The number of rotatable bonds is 74. The number of carbonyl (C=O) groups excluding carboxylic acids is 3. The summed E-state index contributed by atoms with van der Waals surface area (Å²) < 4.78 is 29.6. The van der Waals surface area contributed by atoms with Crippen molar-refractivity contribution in [2.75, 3.05) is 78.8 Å². The van der Waals surface area contributed by atoms with Gasteiger partial charge in [-0.05, 0) is 121 Å². The van der Waals surface area contributed by atoms with Gasteiger partial charge in [-0.2, -0.15) is 0 Å². The largest absolute Gasteiger partial charge is 0.466 e. The average Bonchev–Trinajstić information content (AvgIpc) is 3.58. The van der Waals surface area contributed by atoms with Crippen LogP contribution in [0.2, 0.25) is 0 Å². The molecule has 0 amide bonds. The summed E-state index contributed by atoms with van der Waals surface area (Å²) in [6.45, 7) is 25.8. The molecule has 1 unspecified atom stereocenters. The van der Waals surface area contributed by atoms with Crippen molar-refractivity contribution in [3.63, 3.8) is 0 Å². The lowest BCUT2D eigenvalue weighted by Crippen LogP contribution is -2.78. The first kappa shape index (κ1) is 88.5. The maximum Gasteiger partial charge on any atom is 0.338 e. The molecule has 0 aromatic carbocycles. The lowest BCUT2D eigenvalue weighted by atomic mass is 9.92. The number of ether oxygens (including phenoxy) is 5. The molecule has 0 aliphatic carbocycles. The van der Waals surface area contributed by atoms with E-state index in [0.717, 1.165) is 136 Å². The zero-order chi connectivity index (χ0) is 66.6. The van der Waals surface area contributed by atoms with Gasteiger partial charge in [-0.15, -0.1) is 0 Å². The van der Waals surface area contributed by atoms with Gasteiger partial charge in [0.2, 0.25) is 0 Å². The van der Waals surface area contributed by atoms with Gasteiger partial charge in [-0.1, -0.05) is 273 Å². The standard InChI is InChI=1S/C78H155N5O8/c1-8-14-32-47-72(48-33-15-9-2)56-68-89-75(84)53-38-26-20-23-29-41-60-82(61-42-30-24-21-27-39-54-76(85)90-69-57-73(49-34-16-10-3)50-35-17-11-4)64-45-66-87-71(7)88-67-46-65-83(63-44-59-81-78(79)80)62-43-31-25-22-28-40-55-77(86)91-70-58-74(51-36-18-12-5)52-37-19-13-6/h71-74H,8-70H2,1-7H3,(H4,79,80,81)/p+1. The second-order valence-electron chi connectivity index (χ2n) is 27.6. The van der Waals surface area contributed by atoms with E-state index in [2.05, 4.69) is 56.3 Å². The maximum atomic E-state index is 12.6. The average molecular weight is 1290 g/mol. The molecule has 1 atom stereocenters. The fraction of sp³-hybridized carbons (Fsp3) is 0.949. The first-order valence-corrected chi connectivity index (χ1v) is 39.8. The topological polar surface area (TPSA) is 170 Å². The van der Waals surface area contributed by atoms with Crippen molar-refractivity contribution in [3.05, 3.63) is 0 Å². The molecule has 0 saturated heterocycles. The summed E-state index contributed by atoms with van der Waals surface area (Å²) in [6.07, 6.45) is 58.5. The van der Waals surface area contributed by atoms with Gasteiger partial charge in [0.25, 0.3) is 0 Å². The summed E-state index contributed by atoms with van der Waals surface area (Å²) in [5, 5.41) is 0. The Morgan fingerprint density at radius 2 is 0.560 bits per heavy atom. The Bertz CT molecular complexity index is 1480. The Balaban J connectivity index is 4.89. The minimum Gasteiger partial charge on any atom is -0.466 e. The molecule has 91 heavy (non-hydrogen) atoms. The molecule has 13 heteroatoms. The van der Waals surface area contributed by atoms with Crippen LogP contribution in [0.5, 0.6) is 0 Å². The summed E-state index contributed by atoms with van der Waals surface area (Å²) in [4.78, 5) is 46.0. The van der Waals surface area contributed by atoms with E-state index in [9.17, 15) is 14.4 Å². The van der Waals surface area contributed by atoms with E-state index in [1.165, 1.54) is 218 Å². The Hall–Kier alpha value is -2.48. The first-order chi connectivity index (χ1) is 44.5. The second kappa shape index (κ2) is 70.3. The van der Waals surface area contributed by atoms with Crippen LogP contribution < -0.4 is 16.5 Å². The highest BCUT2D eigenvalue weighted by Gasteiger charge is 2.15. The highest BCUT2D eigenvalue weighted by molar-refractivity contribution is 5.70. The van der Waals surface area contributed by atoms with Gasteiger partial charge in [-0.3, -0.25) is 30.8 Å². The van der Waals surface area contributed by atoms with Crippen molar-refractivity contribution >= 4 is 23.9 Å². The van der Waals surface area contributed by atoms with Gasteiger partial charge in [0.05, 0.1) is 39.6 Å². The van der Waals surface area contributed by atoms with Crippen LogP contribution in [0, 0.1) is 17.8 Å². The zero-order valence-electron chi connectivity index (χ0n) is 61.7. The molecule has 0 radical (unpaired) electrons.